The fraction of sp³-hybridized carbons (Fsp3) is 0. The van der Waals surface area contributed by atoms with Crippen molar-refractivity contribution in [2.45, 2.75) is 0 Å². The molecule has 0 fully saturated rings. The zero-order chi connectivity index (χ0) is 6.24. The van der Waals surface area contributed by atoms with Crippen molar-refractivity contribution >= 4 is 0 Å². The number of terminal acetylenes is 1. The van der Waals surface area contributed by atoms with Gasteiger partial charge in [-0.2, -0.15) is 0 Å². The zero-order valence-electron chi connectivity index (χ0n) is 4.84. The van der Waals surface area contributed by atoms with Crippen LogP contribution in [0, 0.1) is 18.9 Å². The van der Waals surface area contributed by atoms with Crippen molar-refractivity contribution in [3.05, 3.63) is 37.0 Å². The second-order valence-corrected chi connectivity index (χ2v) is 1.10. The SMILES string of the molecule is C#C/C=C/C=C/C=[CH-].[Cu+]. The van der Waals surface area contributed by atoms with Crippen molar-refractivity contribution in [3.63, 3.8) is 0 Å². The van der Waals surface area contributed by atoms with Crippen LogP contribution in [0.1, 0.15) is 0 Å². The molecule has 0 rings (SSSR count). The summed E-state index contributed by atoms with van der Waals surface area (Å²) in [5, 5.41) is 0. The van der Waals surface area contributed by atoms with Gasteiger partial charge in [-0.25, -0.2) is 12.2 Å². The van der Waals surface area contributed by atoms with Crippen LogP contribution in [-0.4, -0.2) is 0 Å². The third-order valence-electron chi connectivity index (χ3n) is 0.526. The molecular formula is C8H7Cu. The van der Waals surface area contributed by atoms with E-state index in [0.717, 1.165) is 0 Å². The normalized spacial score (nSPS) is 8.78. The molecule has 0 amide bonds. The van der Waals surface area contributed by atoms with Crippen LogP contribution < -0.4 is 0 Å². The molecule has 0 aromatic rings. The first-order valence-electron chi connectivity index (χ1n) is 2.24. The smallest absolute Gasteiger partial charge is 0.293 e. The van der Waals surface area contributed by atoms with Crippen LogP contribution in [-0.2, 0) is 17.1 Å². The first kappa shape index (κ1) is 11.1. The molecule has 9 heavy (non-hydrogen) atoms. The van der Waals surface area contributed by atoms with Gasteiger partial charge in [-0.05, 0) is 6.08 Å². The predicted molar refractivity (Wildman–Crippen MR) is 36.0 cm³/mol. The maximum atomic E-state index is 5.01. The van der Waals surface area contributed by atoms with E-state index >= 15 is 0 Å². The van der Waals surface area contributed by atoms with Crippen LogP contribution >= 0.6 is 0 Å². The van der Waals surface area contributed by atoms with Crippen molar-refractivity contribution in [2.24, 2.45) is 0 Å². The number of allylic oxidation sites excluding steroid dienone is 5. The molecular weight excluding hydrogens is 160 g/mol. The molecule has 0 heterocycles. The topological polar surface area (TPSA) is 0 Å². The summed E-state index contributed by atoms with van der Waals surface area (Å²) in [6.45, 7) is 5.01. The van der Waals surface area contributed by atoms with Gasteiger partial charge in [-0.1, -0.05) is 12.0 Å². The van der Waals surface area contributed by atoms with Gasteiger partial charge in [-0.3, -0.25) is 6.58 Å². The van der Waals surface area contributed by atoms with Gasteiger partial charge in [0.2, 0.25) is 0 Å². The quantitative estimate of drug-likeness (QED) is 0.254. The Kier molecular flexibility index (Phi) is 12.8. The van der Waals surface area contributed by atoms with Gasteiger partial charge in [0, 0.05) is 0 Å². The second kappa shape index (κ2) is 10.3. The van der Waals surface area contributed by atoms with Crippen LogP contribution in [0.5, 0.6) is 0 Å². The van der Waals surface area contributed by atoms with Crippen LogP contribution in [0.3, 0.4) is 0 Å². The van der Waals surface area contributed by atoms with Crippen LogP contribution in [0.15, 0.2) is 30.4 Å². The van der Waals surface area contributed by atoms with Crippen molar-refractivity contribution < 1.29 is 17.1 Å². The Labute approximate surface area is 66.8 Å². The molecule has 0 aliphatic rings. The van der Waals surface area contributed by atoms with E-state index in [4.69, 9.17) is 13.0 Å². The van der Waals surface area contributed by atoms with Gasteiger partial charge in [0.1, 0.15) is 0 Å². The van der Waals surface area contributed by atoms with Crippen molar-refractivity contribution in [1.82, 2.24) is 0 Å². The van der Waals surface area contributed by atoms with Gasteiger partial charge in [-0.15, -0.1) is 12.5 Å². The molecule has 0 bridgehead atoms. The summed E-state index contributed by atoms with van der Waals surface area (Å²) in [6, 6.07) is 0. The number of rotatable bonds is 2. The fourth-order valence-electron chi connectivity index (χ4n) is 0.239. The van der Waals surface area contributed by atoms with E-state index in [1.807, 2.05) is 0 Å². The van der Waals surface area contributed by atoms with Gasteiger partial charge in [0.05, 0.1) is 0 Å². The molecule has 0 radical (unpaired) electrons. The fourth-order valence-corrected chi connectivity index (χ4v) is 0.239. The Morgan fingerprint density at radius 2 is 1.89 bits per heavy atom. The van der Waals surface area contributed by atoms with Gasteiger partial charge in [0.15, 0.2) is 0 Å². The van der Waals surface area contributed by atoms with E-state index in [0.29, 0.717) is 0 Å². The molecule has 0 saturated carbocycles. The minimum Gasteiger partial charge on any atom is -0.293 e. The Morgan fingerprint density at radius 3 is 2.33 bits per heavy atom. The summed E-state index contributed by atoms with van der Waals surface area (Å²) in [4.78, 5) is 0. The average Bonchev–Trinajstić information content (AvgIpc) is 1.81. The number of hydrogen-bond acceptors (Lipinski definition) is 0. The Bertz CT molecular complexity index is 146. The van der Waals surface area contributed by atoms with Gasteiger partial charge < -0.3 is 0 Å². The van der Waals surface area contributed by atoms with Crippen molar-refractivity contribution in [2.75, 3.05) is 0 Å². The molecule has 0 N–H and O–H groups in total. The zero-order valence-corrected chi connectivity index (χ0v) is 5.78. The largest absolute Gasteiger partial charge is 1.00 e. The molecule has 0 aliphatic carbocycles. The summed E-state index contributed by atoms with van der Waals surface area (Å²) in [5.41, 5.74) is 0. The average molecular weight is 167 g/mol. The summed E-state index contributed by atoms with van der Waals surface area (Å²) in [6.07, 6.45) is 13.1. The molecule has 0 aliphatic heterocycles. The van der Waals surface area contributed by atoms with E-state index < -0.39 is 0 Å². The standard InChI is InChI=1S/C8H7.Cu/c1-3-5-7-8-6-4-2;/h1-3,5-8H;/q-1;+1/b7-5+,8-6+;. The third-order valence-corrected chi connectivity index (χ3v) is 0.526. The maximum absolute atomic E-state index is 5.01. The van der Waals surface area contributed by atoms with Gasteiger partial charge in [0.25, 0.3) is 0 Å². The molecule has 50 valence electrons. The van der Waals surface area contributed by atoms with E-state index in [1.54, 1.807) is 24.3 Å². The maximum Gasteiger partial charge on any atom is 1.00 e. The van der Waals surface area contributed by atoms with E-state index in [2.05, 4.69) is 5.92 Å². The summed E-state index contributed by atoms with van der Waals surface area (Å²) in [5.74, 6) is 2.34. The molecule has 0 aromatic heterocycles. The first-order valence-corrected chi connectivity index (χ1v) is 2.24. The van der Waals surface area contributed by atoms with Crippen molar-refractivity contribution in [1.29, 1.82) is 0 Å². The molecule has 0 nitrogen and oxygen atoms in total. The van der Waals surface area contributed by atoms with Crippen LogP contribution in [0.25, 0.3) is 0 Å². The summed E-state index contributed by atoms with van der Waals surface area (Å²) >= 11 is 0. The van der Waals surface area contributed by atoms with E-state index in [-0.39, 0.29) is 17.1 Å². The first-order chi connectivity index (χ1) is 3.91. The predicted octanol–water partition coefficient (Wildman–Crippen LogP) is 1.72. The van der Waals surface area contributed by atoms with E-state index in [9.17, 15) is 0 Å². The Balaban J connectivity index is 0. The minimum absolute atomic E-state index is 0. The summed E-state index contributed by atoms with van der Waals surface area (Å²) in [7, 11) is 0. The third kappa shape index (κ3) is 11.1. The van der Waals surface area contributed by atoms with Crippen LogP contribution in [0.2, 0.25) is 0 Å². The molecule has 0 atom stereocenters. The molecule has 0 unspecified atom stereocenters. The molecule has 0 spiro atoms. The van der Waals surface area contributed by atoms with Crippen molar-refractivity contribution in [3.8, 4) is 12.3 Å². The molecule has 1 heteroatoms. The van der Waals surface area contributed by atoms with Gasteiger partial charge >= 0.3 is 17.1 Å². The van der Waals surface area contributed by atoms with Crippen LogP contribution in [0.4, 0.5) is 0 Å². The molecule has 0 aromatic carbocycles. The Morgan fingerprint density at radius 1 is 1.22 bits per heavy atom. The van der Waals surface area contributed by atoms with E-state index in [1.165, 1.54) is 6.08 Å². The summed E-state index contributed by atoms with van der Waals surface area (Å²) < 4.78 is 0. The second-order valence-electron chi connectivity index (χ2n) is 1.10. The Hall–Kier alpha value is -0.701. The molecule has 0 saturated heterocycles. The monoisotopic (exact) mass is 166 g/mol. The minimum atomic E-state index is 0. The number of hydrogen-bond donors (Lipinski definition) is 0.